The highest BCUT2D eigenvalue weighted by Gasteiger charge is 2.23. The molecular weight excluding hydrogens is 324 g/mol. The normalized spacial score (nSPS) is 14.7. The Kier molecular flexibility index (Phi) is 4.52. The standard InChI is InChI=1S/C21H22N4O/c1-16-5-4-6-17(13-16)14-20(26)24-9-11-25(12-10-24)21-19-8-3-2-7-18(19)15-22-23-21/h2-8,13,15H,9-12,14H2,1H3. The third-order valence-corrected chi connectivity index (χ3v) is 4.92. The zero-order valence-electron chi connectivity index (χ0n) is 14.9. The molecule has 1 aliphatic heterocycles. The van der Waals surface area contributed by atoms with E-state index in [1.807, 2.05) is 29.2 Å². The van der Waals surface area contributed by atoms with Crippen LogP contribution in [0, 0.1) is 6.92 Å². The number of aryl methyl sites for hydroxylation is 1. The molecule has 26 heavy (non-hydrogen) atoms. The Hall–Kier alpha value is -2.95. The van der Waals surface area contributed by atoms with Gasteiger partial charge in [0.2, 0.25) is 5.91 Å². The van der Waals surface area contributed by atoms with E-state index in [2.05, 4.69) is 46.3 Å². The Morgan fingerprint density at radius 2 is 1.85 bits per heavy atom. The van der Waals surface area contributed by atoms with Crippen LogP contribution in [0.2, 0.25) is 0 Å². The minimum atomic E-state index is 0.194. The van der Waals surface area contributed by atoms with Gasteiger partial charge in [-0.3, -0.25) is 4.79 Å². The van der Waals surface area contributed by atoms with Crippen LogP contribution in [0.1, 0.15) is 11.1 Å². The van der Waals surface area contributed by atoms with E-state index in [9.17, 15) is 4.79 Å². The lowest BCUT2D eigenvalue weighted by molar-refractivity contribution is -0.130. The van der Waals surface area contributed by atoms with Crippen molar-refractivity contribution < 1.29 is 4.79 Å². The van der Waals surface area contributed by atoms with Gasteiger partial charge in [0.15, 0.2) is 5.82 Å². The first kappa shape index (κ1) is 16.5. The fourth-order valence-corrected chi connectivity index (χ4v) is 3.52. The van der Waals surface area contributed by atoms with Gasteiger partial charge in [0.25, 0.3) is 0 Å². The Bertz CT molecular complexity index is 927. The third kappa shape index (κ3) is 3.38. The van der Waals surface area contributed by atoms with E-state index >= 15 is 0 Å². The van der Waals surface area contributed by atoms with Crippen LogP contribution in [0.25, 0.3) is 10.8 Å². The number of aromatic nitrogens is 2. The van der Waals surface area contributed by atoms with Crippen molar-refractivity contribution in [3.05, 3.63) is 65.9 Å². The first-order chi connectivity index (χ1) is 12.7. The van der Waals surface area contributed by atoms with Gasteiger partial charge in [0.1, 0.15) is 0 Å². The molecule has 3 aromatic rings. The molecule has 0 unspecified atom stereocenters. The molecule has 0 saturated carbocycles. The van der Waals surface area contributed by atoms with E-state index in [4.69, 9.17) is 0 Å². The number of piperazine rings is 1. The molecule has 0 atom stereocenters. The van der Waals surface area contributed by atoms with Crippen LogP contribution in [0.4, 0.5) is 5.82 Å². The molecule has 0 radical (unpaired) electrons. The molecule has 2 heterocycles. The summed E-state index contributed by atoms with van der Waals surface area (Å²) >= 11 is 0. The molecule has 1 amide bonds. The van der Waals surface area contributed by atoms with Gasteiger partial charge >= 0.3 is 0 Å². The minimum absolute atomic E-state index is 0.194. The van der Waals surface area contributed by atoms with Crippen molar-refractivity contribution in [3.63, 3.8) is 0 Å². The highest BCUT2D eigenvalue weighted by molar-refractivity contribution is 5.91. The van der Waals surface area contributed by atoms with Crippen LogP contribution in [0.3, 0.4) is 0 Å². The molecule has 2 aromatic carbocycles. The third-order valence-electron chi connectivity index (χ3n) is 4.92. The summed E-state index contributed by atoms with van der Waals surface area (Å²) in [5, 5.41) is 10.7. The lowest BCUT2D eigenvalue weighted by Crippen LogP contribution is -2.49. The molecule has 1 saturated heterocycles. The van der Waals surface area contributed by atoms with Crippen LogP contribution in [0.5, 0.6) is 0 Å². The van der Waals surface area contributed by atoms with Crippen LogP contribution in [-0.2, 0) is 11.2 Å². The summed E-state index contributed by atoms with van der Waals surface area (Å²) in [6.07, 6.45) is 2.26. The van der Waals surface area contributed by atoms with E-state index in [-0.39, 0.29) is 5.91 Å². The molecule has 1 aromatic heterocycles. The van der Waals surface area contributed by atoms with Crippen molar-refractivity contribution in [2.45, 2.75) is 13.3 Å². The molecular formula is C21H22N4O. The average Bonchev–Trinajstić information content (AvgIpc) is 2.68. The van der Waals surface area contributed by atoms with Crippen molar-refractivity contribution in [1.29, 1.82) is 0 Å². The summed E-state index contributed by atoms with van der Waals surface area (Å²) in [5.74, 6) is 1.10. The van der Waals surface area contributed by atoms with E-state index in [1.165, 1.54) is 5.56 Å². The number of anilines is 1. The van der Waals surface area contributed by atoms with Crippen molar-refractivity contribution in [3.8, 4) is 0 Å². The molecule has 1 aliphatic rings. The van der Waals surface area contributed by atoms with Gasteiger partial charge in [-0.25, -0.2) is 0 Å². The number of amides is 1. The maximum atomic E-state index is 12.6. The Balaban J connectivity index is 1.43. The highest BCUT2D eigenvalue weighted by atomic mass is 16.2. The van der Waals surface area contributed by atoms with Gasteiger partial charge in [-0.2, -0.15) is 5.10 Å². The lowest BCUT2D eigenvalue weighted by Gasteiger charge is -2.35. The molecule has 0 bridgehead atoms. The number of rotatable bonds is 3. The van der Waals surface area contributed by atoms with Crippen molar-refractivity contribution in [2.75, 3.05) is 31.1 Å². The largest absolute Gasteiger partial charge is 0.351 e. The quantitative estimate of drug-likeness (QED) is 0.732. The molecule has 5 heteroatoms. The van der Waals surface area contributed by atoms with Crippen molar-refractivity contribution in [2.24, 2.45) is 0 Å². The van der Waals surface area contributed by atoms with Crippen molar-refractivity contribution >= 4 is 22.5 Å². The van der Waals surface area contributed by atoms with Crippen LogP contribution in [0.15, 0.2) is 54.7 Å². The smallest absolute Gasteiger partial charge is 0.227 e. The predicted octanol–water partition coefficient (Wildman–Crippen LogP) is 2.83. The summed E-state index contributed by atoms with van der Waals surface area (Å²) in [6.45, 7) is 5.05. The first-order valence-corrected chi connectivity index (χ1v) is 8.99. The molecule has 0 spiro atoms. The van der Waals surface area contributed by atoms with Crippen LogP contribution >= 0.6 is 0 Å². The highest BCUT2D eigenvalue weighted by Crippen LogP contribution is 2.24. The number of benzene rings is 2. The summed E-state index contributed by atoms with van der Waals surface area (Å²) < 4.78 is 0. The first-order valence-electron chi connectivity index (χ1n) is 8.99. The molecule has 132 valence electrons. The topological polar surface area (TPSA) is 49.3 Å². The number of carbonyl (C=O) groups excluding carboxylic acids is 1. The maximum absolute atomic E-state index is 12.6. The maximum Gasteiger partial charge on any atom is 0.227 e. The number of fused-ring (bicyclic) bond motifs is 1. The van der Waals surface area contributed by atoms with Crippen LogP contribution < -0.4 is 4.90 Å². The molecule has 0 aliphatic carbocycles. The number of nitrogens with zero attached hydrogens (tertiary/aromatic N) is 4. The molecule has 4 rings (SSSR count). The summed E-state index contributed by atoms with van der Waals surface area (Å²) in [7, 11) is 0. The Morgan fingerprint density at radius 1 is 1.04 bits per heavy atom. The van der Waals surface area contributed by atoms with E-state index in [0.717, 1.165) is 48.3 Å². The Labute approximate surface area is 153 Å². The zero-order chi connectivity index (χ0) is 17.9. The monoisotopic (exact) mass is 346 g/mol. The number of hydrogen-bond acceptors (Lipinski definition) is 4. The fourth-order valence-electron chi connectivity index (χ4n) is 3.52. The van der Waals surface area contributed by atoms with Gasteiger partial charge in [-0.05, 0) is 12.5 Å². The zero-order valence-corrected chi connectivity index (χ0v) is 14.9. The van der Waals surface area contributed by atoms with E-state index < -0.39 is 0 Å². The molecule has 1 fully saturated rings. The second kappa shape index (κ2) is 7.12. The fraction of sp³-hybridized carbons (Fsp3) is 0.286. The van der Waals surface area contributed by atoms with Crippen molar-refractivity contribution in [1.82, 2.24) is 15.1 Å². The molecule has 0 N–H and O–H groups in total. The van der Waals surface area contributed by atoms with Gasteiger partial charge in [-0.1, -0.05) is 54.1 Å². The summed E-state index contributed by atoms with van der Waals surface area (Å²) in [6, 6.07) is 16.3. The van der Waals surface area contributed by atoms with Gasteiger partial charge in [-0.15, -0.1) is 5.10 Å². The van der Waals surface area contributed by atoms with Gasteiger partial charge < -0.3 is 9.80 Å². The predicted molar refractivity (Wildman–Crippen MR) is 103 cm³/mol. The minimum Gasteiger partial charge on any atom is -0.351 e. The average molecular weight is 346 g/mol. The number of hydrogen-bond donors (Lipinski definition) is 0. The van der Waals surface area contributed by atoms with Gasteiger partial charge in [0, 0.05) is 37.0 Å². The number of carbonyl (C=O) groups is 1. The summed E-state index contributed by atoms with van der Waals surface area (Å²) in [4.78, 5) is 16.8. The Morgan fingerprint density at radius 3 is 2.65 bits per heavy atom. The second-order valence-electron chi connectivity index (χ2n) is 6.79. The van der Waals surface area contributed by atoms with Crippen LogP contribution in [-0.4, -0.2) is 47.2 Å². The SMILES string of the molecule is Cc1cccc(CC(=O)N2CCN(c3nncc4ccccc34)CC2)c1. The lowest BCUT2D eigenvalue weighted by atomic mass is 10.1. The summed E-state index contributed by atoms with van der Waals surface area (Å²) in [5.41, 5.74) is 2.27. The molecule has 5 nitrogen and oxygen atoms in total. The van der Waals surface area contributed by atoms with E-state index in [0.29, 0.717) is 6.42 Å². The van der Waals surface area contributed by atoms with Gasteiger partial charge in [0.05, 0.1) is 12.6 Å². The van der Waals surface area contributed by atoms with E-state index in [1.54, 1.807) is 6.20 Å². The second-order valence-corrected chi connectivity index (χ2v) is 6.79.